The molecule has 1 aromatic heterocycles. The van der Waals surface area contributed by atoms with Crippen LogP contribution >= 0.6 is 11.3 Å². The number of unbranched alkanes of at least 4 members (excludes halogenated alkanes) is 1. The zero-order chi connectivity index (χ0) is 15.1. The van der Waals surface area contributed by atoms with Crippen LogP contribution in [0.1, 0.15) is 39.8 Å². The first kappa shape index (κ1) is 16.0. The van der Waals surface area contributed by atoms with Crippen molar-refractivity contribution in [3.8, 4) is 0 Å². The van der Waals surface area contributed by atoms with Gasteiger partial charge in [0.1, 0.15) is 9.88 Å². The van der Waals surface area contributed by atoms with Crippen LogP contribution in [0.3, 0.4) is 0 Å². The molecule has 0 bridgehead atoms. The monoisotopic (exact) mass is 296 g/mol. The van der Waals surface area contributed by atoms with Crippen LogP contribution in [0.5, 0.6) is 0 Å². The summed E-state index contributed by atoms with van der Waals surface area (Å²) in [5.41, 5.74) is 11.5. The second kappa shape index (κ2) is 7.54. The van der Waals surface area contributed by atoms with Gasteiger partial charge in [0.2, 0.25) is 0 Å². The summed E-state index contributed by atoms with van der Waals surface area (Å²) in [7, 11) is 0. The van der Waals surface area contributed by atoms with Crippen LogP contribution in [0.25, 0.3) is 0 Å². The van der Waals surface area contributed by atoms with E-state index in [4.69, 9.17) is 11.5 Å². The predicted octanol–water partition coefficient (Wildman–Crippen LogP) is 1.56. The minimum Gasteiger partial charge on any atom is -0.397 e. The third kappa shape index (κ3) is 3.74. The highest BCUT2D eigenvalue weighted by Gasteiger charge is 2.23. The van der Waals surface area contributed by atoms with Crippen LogP contribution < -0.4 is 22.1 Å². The Morgan fingerprint density at radius 2 is 2.15 bits per heavy atom. The van der Waals surface area contributed by atoms with Crippen molar-refractivity contribution in [2.45, 2.75) is 19.8 Å². The van der Waals surface area contributed by atoms with Crippen LogP contribution in [0, 0.1) is 0 Å². The van der Waals surface area contributed by atoms with Gasteiger partial charge < -0.3 is 22.1 Å². The fraction of sp³-hybridized carbons (Fsp3) is 0.385. The Balaban J connectivity index is 3.02. The maximum absolute atomic E-state index is 11.9. The van der Waals surface area contributed by atoms with Crippen molar-refractivity contribution in [2.24, 2.45) is 5.73 Å². The Labute approximate surface area is 122 Å². The molecule has 1 aromatic rings. The van der Waals surface area contributed by atoms with Crippen LogP contribution in [0.2, 0.25) is 0 Å². The van der Waals surface area contributed by atoms with Crippen molar-refractivity contribution in [2.75, 3.05) is 24.1 Å². The van der Waals surface area contributed by atoms with E-state index in [0.717, 1.165) is 24.2 Å². The summed E-state index contributed by atoms with van der Waals surface area (Å²) in [6, 6.07) is 0. The Morgan fingerprint density at radius 3 is 2.70 bits per heavy atom. The highest BCUT2D eigenvalue weighted by atomic mass is 32.1. The molecule has 0 aliphatic heterocycles. The minimum absolute atomic E-state index is 0.128. The molecule has 0 aliphatic rings. The molecule has 0 saturated heterocycles. The fourth-order valence-electron chi connectivity index (χ4n) is 1.61. The van der Waals surface area contributed by atoms with E-state index >= 15 is 0 Å². The first-order valence-electron chi connectivity index (χ1n) is 6.37. The molecule has 20 heavy (non-hydrogen) atoms. The average Bonchev–Trinajstić information content (AvgIpc) is 2.73. The number of carbonyl (C=O) groups excluding carboxylic acids is 2. The summed E-state index contributed by atoms with van der Waals surface area (Å²) in [5.74, 6) is -0.973. The SMILES string of the molecule is C=CCNC(=O)c1sc(NCCCC)c(C(N)=O)c1N. The lowest BCUT2D eigenvalue weighted by Gasteiger charge is -2.04. The Morgan fingerprint density at radius 1 is 1.45 bits per heavy atom. The van der Waals surface area contributed by atoms with E-state index in [0.29, 0.717) is 23.0 Å². The average molecular weight is 296 g/mol. The number of hydrogen-bond acceptors (Lipinski definition) is 5. The van der Waals surface area contributed by atoms with Crippen LogP contribution in [-0.2, 0) is 0 Å². The highest BCUT2D eigenvalue weighted by Crippen LogP contribution is 2.35. The van der Waals surface area contributed by atoms with E-state index in [9.17, 15) is 9.59 Å². The number of nitrogens with one attached hydrogen (secondary N) is 2. The second-order valence-electron chi connectivity index (χ2n) is 4.19. The number of nitrogen functional groups attached to an aromatic ring is 1. The van der Waals surface area contributed by atoms with Crippen molar-refractivity contribution >= 4 is 33.8 Å². The summed E-state index contributed by atoms with van der Waals surface area (Å²) < 4.78 is 0. The first-order chi connectivity index (χ1) is 9.52. The number of hydrogen-bond donors (Lipinski definition) is 4. The lowest BCUT2D eigenvalue weighted by molar-refractivity contribution is 0.0962. The molecule has 0 saturated carbocycles. The molecule has 1 rings (SSSR count). The summed E-state index contributed by atoms with van der Waals surface area (Å²) in [6.07, 6.45) is 3.54. The normalized spacial score (nSPS) is 10.1. The number of primary amides is 1. The molecule has 2 amide bonds. The molecule has 110 valence electrons. The molecule has 0 fully saturated rings. The van der Waals surface area contributed by atoms with Gasteiger partial charge in [0.15, 0.2) is 0 Å². The van der Waals surface area contributed by atoms with Gasteiger partial charge in [-0.15, -0.1) is 17.9 Å². The summed E-state index contributed by atoms with van der Waals surface area (Å²) >= 11 is 1.14. The van der Waals surface area contributed by atoms with E-state index in [1.54, 1.807) is 6.08 Å². The smallest absolute Gasteiger partial charge is 0.263 e. The molecule has 1 heterocycles. The molecule has 6 nitrogen and oxygen atoms in total. The van der Waals surface area contributed by atoms with Gasteiger partial charge >= 0.3 is 0 Å². The third-order valence-corrected chi connectivity index (χ3v) is 3.78. The van der Waals surface area contributed by atoms with Gasteiger partial charge in [-0.1, -0.05) is 19.4 Å². The number of rotatable bonds is 8. The van der Waals surface area contributed by atoms with Gasteiger partial charge in [-0.05, 0) is 6.42 Å². The van der Waals surface area contributed by atoms with E-state index in [1.165, 1.54) is 0 Å². The van der Waals surface area contributed by atoms with E-state index < -0.39 is 5.91 Å². The molecular formula is C13H20N4O2S. The maximum Gasteiger partial charge on any atom is 0.263 e. The Hall–Kier alpha value is -2.02. The van der Waals surface area contributed by atoms with Gasteiger partial charge in [0.05, 0.1) is 11.3 Å². The molecule has 7 heteroatoms. The van der Waals surface area contributed by atoms with Crippen molar-refractivity contribution in [3.63, 3.8) is 0 Å². The largest absolute Gasteiger partial charge is 0.397 e. The van der Waals surface area contributed by atoms with Gasteiger partial charge in [0, 0.05) is 13.1 Å². The third-order valence-electron chi connectivity index (χ3n) is 2.62. The van der Waals surface area contributed by atoms with Gasteiger partial charge in [0.25, 0.3) is 11.8 Å². The van der Waals surface area contributed by atoms with Crippen molar-refractivity contribution < 1.29 is 9.59 Å². The van der Waals surface area contributed by atoms with Gasteiger partial charge in [-0.2, -0.15) is 0 Å². The van der Waals surface area contributed by atoms with Crippen molar-refractivity contribution in [3.05, 3.63) is 23.1 Å². The van der Waals surface area contributed by atoms with Crippen LogP contribution in [0.15, 0.2) is 12.7 Å². The number of amides is 2. The highest BCUT2D eigenvalue weighted by molar-refractivity contribution is 7.19. The zero-order valence-corrected chi connectivity index (χ0v) is 12.3. The van der Waals surface area contributed by atoms with Crippen LogP contribution in [-0.4, -0.2) is 24.9 Å². The number of carbonyl (C=O) groups is 2. The topological polar surface area (TPSA) is 110 Å². The quantitative estimate of drug-likeness (QED) is 0.431. The maximum atomic E-state index is 11.9. The van der Waals surface area contributed by atoms with E-state index in [-0.39, 0.29) is 17.2 Å². The number of nitrogens with two attached hydrogens (primary N) is 2. The summed E-state index contributed by atoms with van der Waals surface area (Å²) in [5, 5.41) is 6.28. The lowest BCUT2D eigenvalue weighted by atomic mass is 10.2. The minimum atomic E-state index is -0.638. The van der Waals surface area contributed by atoms with Gasteiger partial charge in [-0.3, -0.25) is 9.59 Å². The van der Waals surface area contributed by atoms with Crippen LogP contribution in [0.4, 0.5) is 10.7 Å². The molecule has 0 aromatic carbocycles. The molecular weight excluding hydrogens is 276 g/mol. The zero-order valence-electron chi connectivity index (χ0n) is 11.5. The van der Waals surface area contributed by atoms with Crippen molar-refractivity contribution in [1.82, 2.24) is 5.32 Å². The Bertz CT molecular complexity index is 511. The first-order valence-corrected chi connectivity index (χ1v) is 7.19. The van der Waals surface area contributed by atoms with E-state index in [2.05, 4.69) is 24.1 Å². The van der Waals surface area contributed by atoms with Crippen molar-refractivity contribution in [1.29, 1.82) is 0 Å². The second-order valence-corrected chi connectivity index (χ2v) is 5.21. The number of thiophene rings is 1. The molecule has 0 aliphatic carbocycles. The van der Waals surface area contributed by atoms with Gasteiger partial charge in [-0.25, -0.2) is 0 Å². The lowest BCUT2D eigenvalue weighted by Crippen LogP contribution is -2.23. The fourth-order valence-corrected chi connectivity index (χ4v) is 2.67. The molecule has 6 N–H and O–H groups in total. The molecule has 0 radical (unpaired) electrons. The summed E-state index contributed by atoms with van der Waals surface area (Å²) in [6.45, 7) is 6.62. The van der Waals surface area contributed by atoms with E-state index in [1.807, 2.05) is 0 Å². The predicted molar refractivity (Wildman–Crippen MR) is 83.2 cm³/mol. The molecule has 0 unspecified atom stereocenters. The number of anilines is 2. The molecule has 0 spiro atoms. The Kier molecular flexibility index (Phi) is 6.05. The summed E-state index contributed by atoms with van der Waals surface area (Å²) in [4.78, 5) is 23.7. The standard InChI is InChI=1S/C13H20N4O2S/c1-3-5-7-17-13-8(11(15)18)9(14)10(20-13)12(19)16-6-4-2/h4,17H,2-3,5-7,14H2,1H3,(H2,15,18)(H,16,19). The molecule has 0 atom stereocenters.